The summed E-state index contributed by atoms with van der Waals surface area (Å²) in [6.07, 6.45) is 0. The second-order valence-electron chi connectivity index (χ2n) is 8.25. The van der Waals surface area contributed by atoms with Crippen molar-refractivity contribution in [2.75, 3.05) is 33.7 Å². The maximum Gasteiger partial charge on any atom is 0.323 e. The molecule has 0 aliphatic carbocycles. The highest BCUT2D eigenvalue weighted by molar-refractivity contribution is 7.17. The third-order valence-electron chi connectivity index (χ3n) is 5.36. The molecule has 0 aliphatic heterocycles. The topological polar surface area (TPSA) is 83.0 Å². The zero-order valence-electron chi connectivity index (χ0n) is 19.5. The molecule has 0 radical (unpaired) electrons. The largest absolute Gasteiger partial charge is 0.486 e. The number of carboxylic acids is 1. The van der Waals surface area contributed by atoms with Crippen LogP contribution in [-0.2, 0) is 11.4 Å². The average molecular weight is 532 g/mol. The minimum Gasteiger partial charge on any atom is -0.486 e. The third kappa shape index (κ3) is 5.86. The number of carboxylic acid groups (broad SMARTS) is 1. The molecule has 11 heteroatoms. The van der Waals surface area contributed by atoms with Crippen LogP contribution in [0, 0.1) is 11.6 Å². The fourth-order valence-electron chi connectivity index (χ4n) is 3.54. The predicted molar refractivity (Wildman–Crippen MR) is 136 cm³/mol. The lowest BCUT2D eigenvalue weighted by atomic mass is 10.0. The van der Waals surface area contributed by atoms with Crippen LogP contribution in [0.25, 0.3) is 21.2 Å². The molecule has 0 saturated heterocycles. The van der Waals surface area contributed by atoms with Crippen molar-refractivity contribution in [3.05, 3.63) is 69.5 Å². The van der Waals surface area contributed by atoms with Gasteiger partial charge in [-0.25, -0.2) is 13.8 Å². The summed E-state index contributed by atoms with van der Waals surface area (Å²) in [5, 5.41) is 13.3. The van der Waals surface area contributed by atoms with Gasteiger partial charge < -0.3 is 19.6 Å². The second-order valence-corrected chi connectivity index (χ2v) is 10.1. The van der Waals surface area contributed by atoms with E-state index in [4.69, 9.17) is 9.84 Å². The van der Waals surface area contributed by atoms with Gasteiger partial charge in [0.2, 0.25) is 0 Å². The van der Waals surface area contributed by atoms with E-state index in [9.17, 15) is 18.4 Å². The zero-order chi connectivity index (χ0) is 25.8. The van der Waals surface area contributed by atoms with Gasteiger partial charge in [-0.1, -0.05) is 12.1 Å². The molecule has 4 rings (SSSR count). The van der Waals surface area contributed by atoms with Crippen LogP contribution in [-0.4, -0.2) is 65.5 Å². The van der Waals surface area contributed by atoms with Crippen molar-refractivity contribution in [1.82, 2.24) is 14.8 Å². The van der Waals surface area contributed by atoms with Crippen molar-refractivity contribution in [1.29, 1.82) is 0 Å². The van der Waals surface area contributed by atoms with E-state index in [-0.39, 0.29) is 24.2 Å². The molecule has 7 nitrogen and oxygen atoms in total. The Bertz CT molecular complexity index is 1390. The van der Waals surface area contributed by atoms with Crippen molar-refractivity contribution in [2.24, 2.45) is 0 Å². The molecular weight excluding hydrogens is 508 g/mol. The molecule has 36 heavy (non-hydrogen) atoms. The molecule has 4 aromatic rings. The Morgan fingerprint density at radius 3 is 2.53 bits per heavy atom. The maximum atomic E-state index is 14.1. The molecule has 0 bridgehead atoms. The lowest BCUT2D eigenvalue weighted by Crippen LogP contribution is -2.40. The number of thiazole rings is 1. The molecule has 1 amide bonds. The number of amides is 1. The summed E-state index contributed by atoms with van der Waals surface area (Å²) < 4.78 is 34.5. The van der Waals surface area contributed by atoms with Gasteiger partial charge in [-0.3, -0.25) is 9.59 Å². The van der Waals surface area contributed by atoms with E-state index in [2.05, 4.69) is 4.98 Å². The van der Waals surface area contributed by atoms with Crippen LogP contribution in [0.1, 0.15) is 15.5 Å². The fourth-order valence-corrected chi connectivity index (χ4v) is 5.15. The Balaban J connectivity index is 1.42. The van der Waals surface area contributed by atoms with Crippen LogP contribution in [0.2, 0.25) is 0 Å². The molecule has 2 aromatic carbocycles. The van der Waals surface area contributed by atoms with E-state index in [1.807, 2.05) is 19.0 Å². The first-order chi connectivity index (χ1) is 17.2. The van der Waals surface area contributed by atoms with Crippen molar-refractivity contribution >= 4 is 44.6 Å². The van der Waals surface area contributed by atoms with Crippen LogP contribution in [0.5, 0.6) is 5.75 Å². The second kappa shape index (κ2) is 11.1. The summed E-state index contributed by atoms with van der Waals surface area (Å²) in [5.74, 6) is -2.73. The Kier molecular flexibility index (Phi) is 7.92. The molecule has 0 saturated carbocycles. The van der Waals surface area contributed by atoms with Crippen molar-refractivity contribution in [3.8, 4) is 16.9 Å². The zero-order valence-corrected chi connectivity index (χ0v) is 21.2. The highest BCUT2D eigenvalue weighted by Crippen LogP contribution is 2.36. The lowest BCUT2D eigenvalue weighted by molar-refractivity contribution is -0.137. The van der Waals surface area contributed by atoms with Crippen molar-refractivity contribution in [3.63, 3.8) is 0 Å². The minimum atomic E-state index is -1.09. The first-order valence-corrected chi connectivity index (χ1v) is 12.7. The number of likely N-dealkylation sites (N-methyl/N-ethyl adjacent to an activating group) is 1. The number of thiophene rings is 1. The van der Waals surface area contributed by atoms with Gasteiger partial charge in [0, 0.05) is 34.1 Å². The van der Waals surface area contributed by atoms with Crippen LogP contribution < -0.4 is 4.74 Å². The first kappa shape index (κ1) is 25.7. The fraction of sp³-hybridized carbons (Fsp3) is 0.240. The monoisotopic (exact) mass is 531 g/mol. The normalized spacial score (nSPS) is 11.2. The van der Waals surface area contributed by atoms with E-state index >= 15 is 0 Å². The summed E-state index contributed by atoms with van der Waals surface area (Å²) in [4.78, 5) is 31.4. The van der Waals surface area contributed by atoms with Crippen molar-refractivity contribution in [2.45, 2.75) is 6.61 Å². The number of aromatic nitrogens is 1. The average Bonchev–Trinajstić information content (AvgIpc) is 3.53. The summed E-state index contributed by atoms with van der Waals surface area (Å²) in [6.45, 7) is 0.508. The molecule has 2 heterocycles. The van der Waals surface area contributed by atoms with E-state index < -0.39 is 30.1 Å². The lowest BCUT2D eigenvalue weighted by Gasteiger charge is -2.21. The molecule has 0 unspecified atom stereocenters. The number of rotatable bonds is 10. The molecule has 0 aliphatic rings. The minimum absolute atomic E-state index is 0.119. The molecule has 188 valence electrons. The van der Waals surface area contributed by atoms with E-state index in [0.717, 1.165) is 5.56 Å². The smallest absolute Gasteiger partial charge is 0.323 e. The number of benzene rings is 2. The van der Waals surface area contributed by atoms with Gasteiger partial charge in [0.15, 0.2) is 11.6 Å². The van der Waals surface area contributed by atoms with Crippen LogP contribution in [0.4, 0.5) is 8.78 Å². The van der Waals surface area contributed by atoms with Gasteiger partial charge in [-0.05, 0) is 49.3 Å². The molecule has 1 N–H and O–H groups in total. The number of hydrogen-bond acceptors (Lipinski definition) is 7. The predicted octanol–water partition coefficient (Wildman–Crippen LogP) is 4.97. The first-order valence-electron chi connectivity index (χ1n) is 10.9. The van der Waals surface area contributed by atoms with Gasteiger partial charge >= 0.3 is 5.97 Å². The number of ether oxygens (including phenoxy) is 1. The quantitative estimate of drug-likeness (QED) is 0.311. The van der Waals surface area contributed by atoms with E-state index in [0.29, 0.717) is 27.6 Å². The number of carbonyl (C=O) groups is 2. The summed E-state index contributed by atoms with van der Waals surface area (Å²) in [6, 6.07) is 9.76. The summed E-state index contributed by atoms with van der Waals surface area (Å²) in [5.41, 5.74) is 1.51. The Morgan fingerprint density at radius 2 is 1.83 bits per heavy atom. The number of halogens is 2. The Labute approximate surface area is 214 Å². The van der Waals surface area contributed by atoms with Crippen LogP contribution >= 0.6 is 22.7 Å². The third-order valence-corrected chi connectivity index (χ3v) is 7.13. The van der Waals surface area contributed by atoms with Crippen molar-refractivity contribution < 1.29 is 28.2 Å². The SMILES string of the molecule is CN(C)CCN(CC(=O)O)C(=O)c1csc(COc2ccc(-c3cc(F)c(F)c4ccsc34)cc2)n1. The Morgan fingerprint density at radius 1 is 1.08 bits per heavy atom. The summed E-state index contributed by atoms with van der Waals surface area (Å²) >= 11 is 2.59. The van der Waals surface area contributed by atoms with Gasteiger partial charge in [0.25, 0.3) is 5.91 Å². The van der Waals surface area contributed by atoms with Gasteiger partial charge in [0.1, 0.15) is 29.6 Å². The number of hydrogen-bond donors (Lipinski definition) is 1. The number of aliphatic carboxylic acids is 1. The van der Waals surface area contributed by atoms with Gasteiger partial charge in [-0.2, -0.15) is 0 Å². The van der Waals surface area contributed by atoms with E-state index in [1.54, 1.807) is 41.1 Å². The molecule has 0 atom stereocenters. The summed E-state index contributed by atoms with van der Waals surface area (Å²) in [7, 11) is 3.68. The number of nitrogens with zero attached hydrogens (tertiary/aromatic N) is 3. The van der Waals surface area contributed by atoms with Crippen LogP contribution in [0.15, 0.2) is 47.2 Å². The molecular formula is C25H23F2N3O4S2. The number of carbonyl (C=O) groups excluding carboxylic acids is 1. The van der Waals surface area contributed by atoms with Gasteiger partial charge in [-0.15, -0.1) is 22.7 Å². The standard InChI is InChI=1S/C25H23F2N3O4S2/c1-29(2)8-9-30(12-22(31)32)25(33)20-14-36-21(28-20)13-34-16-5-3-15(4-6-16)18-11-19(26)23(27)17-7-10-35-24(17)18/h3-7,10-11,14H,8-9,12-13H2,1-2H3,(H,31,32). The maximum absolute atomic E-state index is 14.1. The number of fused-ring (bicyclic) bond motifs is 1. The highest BCUT2D eigenvalue weighted by atomic mass is 32.1. The molecule has 0 fully saturated rings. The Hall–Kier alpha value is -3.41. The molecule has 0 spiro atoms. The van der Waals surface area contributed by atoms with Gasteiger partial charge in [0.05, 0.1) is 0 Å². The van der Waals surface area contributed by atoms with E-state index in [1.165, 1.54) is 33.6 Å². The van der Waals surface area contributed by atoms with Crippen LogP contribution in [0.3, 0.4) is 0 Å². The highest BCUT2D eigenvalue weighted by Gasteiger charge is 2.21. The molecule has 2 aromatic heterocycles.